The van der Waals surface area contributed by atoms with Gasteiger partial charge in [0.25, 0.3) is 0 Å². The molecule has 0 radical (unpaired) electrons. The average molecular weight is 279 g/mol. The summed E-state index contributed by atoms with van der Waals surface area (Å²) in [5.41, 5.74) is -0.654. The van der Waals surface area contributed by atoms with Crippen LogP contribution in [0, 0.1) is 0 Å². The van der Waals surface area contributed by atoms with Crippen LogP contribution < -0.4 is 5.32 Å². The highest BCUT2D eigenvalue weighted by Crippen LogP contribution is 2.08. The third kappa shape index (κ3) is 8.47. The standard InChI is InChI=1S/C12H25NO4S/c1-6-10(13-7-2)8-18(15,16)9-11(14)17-12(3,4)5/h10,13H,6-9H2,1-5H3. The molecular weight excluding hydrogens is 254 g/mol. The molecule has 0 rings (SSSR count). The number of rotatable bonds is 7. The van der Waals surface area contributed by atoms with Gasteiger partial charge in [0.05, 0.1) is 5.75 Å². The summed E-state index contributed by atoms with van der Waals surface area (Å²) >= 11 is 0. The maximum atomic E-state index is 11.8. The van der Waals surface area contributed by atoms with Gasteiger partial charge >= 0.3 is 5.97 Å². The minimum Gasteiger partial charge on any atom is -0.459 e. The van der Waals surface area contributed by atoms with E-state index in [0.29, 0.717) is 13.0 Å². The van der Waals surface area contributed by atoms with Gasteiger partial charge in [-0.05, 0) is 33.7 Å². The van der Waals surface area contributed by atoms with Gasteiger partial charge in [-0.3, -0.25) is 4.79 Å². The first-order chi connectivity index (χ1) is 8.09. The molecule has 0 aromatic rings. The van der Waals surface area contributed by atoms with Crippen LogP contribution in [-0.4, -0.2) is 44.1 Å². The fourth-order valence-electron chi connectivity index (χ4n) is 1.53. The molecule has 0 saturated heterocycles. The van der Waals surface area contributed by atoms with E-state index in [1.54, 1.807) is 20.8 Å². The molecule has 0 heterocycles. The molecule has 0 aliphatic rings. The van der Waals surface area contributed by atoms with Gasteiger partial charge in [0.1, 0.15) is 11.4 Å². The number of nitrogens with one attached hydrogen (secondary N) is 1. The molecule has 0 saturated carbocycles. The van der Waals surface area contributed by atoms with Crippen LogP contribution in [0.15, 0.2) is 0 Å². The average Bonchev–Trinajstić information content (AvgIpc) is 2.12. The van der Waals surface area contributed by atoms with Gasteiger partial charge in [-0.2, -0.15) is 0 Å². The van der Waals surface area contributed by atoms with Crippen molar-refractivity contribution in [2.45, 2.75) is 52.7 Å². The summed E-state index contributed by atoms with van der Waals surface area (Å²) in [5.74, 6) is -1.27. The zero-order valence-electron chi connectivity index (χ0n) is 11.9. The Morgan fingerprint density at radius 3 is 2.22 bits per heavy atom. The number of ether oxygens (including phenoxy) is 1. The summed E-state index contributed by atoms with van der Waals surface area (Å²) in [6, 6.07) is -0.109. The summed E-state index contributed by atoms with van der Waals surface area (Å²) in [4.78, 5) is 11.5. The summed E-state index contributed by atoms with van der Waals surface area (Å²) in [6.07, 6.45) is 0.710. The van der Waals surface area contributed by atoms with Crippen LogP contribution in [-0.2, 0) is 19.4 Å². The van der Waals surface area contributed by atoms with Gasteiger partial charge in [0, 0.05) is 6.04 Å². The summed E-state index contributed by atoms with van der Waals surface area (Å²) in [7, 11) is -3.42. The molecule has 1 unspecified atom stereocenters. The number of hydrogen-bond acceptors (Lipinski definition) is 5. The molecule has 0 fully saturated rings. The number of esters is 1. The molecule has 0 aromatic heterocycles. The molecule has 0 spiro atoms. The Morgan fingerprint density at radius 2 is 1.83 bits per heavy atom. The second-order valence-electron chi connectivity index (χ2n) is 5.30. The van der Waals surface area contributed by atoms with Gasteiger partial charge in [-0.1, -0.05) is 13.8 Å². The predicted molar refractivity (Wildman–Crippen MR) is 72.3 cm³/mol. The Labute approximate surface area is 110 Å². The molecule has 5 nitrogen and oxygen atoms in total. The second-order valence-corrected chi connectivity index (χ2v) is 7.41. The highest BCUT2D eigenvalue weighted by Gasteiger charge is 2.24. The maximum absolute atomic E-state index is 11.8. The third-order valence-electron chi connectivity index (χ3n) is 2.20. The molecule has 1 atom stereocenters. The fourth-order valence-corrected chi connectivity index (χ4v) is 3.03. The minimum atomic E-state index is -3.42. The van der Waals surface area contributed by atoms with E-state index in [9.17, 15) is 13.2 Å². The molecule has 1 N–H and O–H groups in total. The van der Waals surface area contributed by atoms with E-state index in [1.807, 2.05) is 13.8 Å². The topological polar surface area (TPSA) is 72.5 Å². The first-order valence-corrected chi connectivity index (χ1v) is 8.07. The maximum Gasteiger partial charge on any atom is 0.321 e. The smallest absolute Gasteiger partial charge is 0.321 e. The monoisotopic (exact) mass is 279 g/mol. The Morgan fingerprint density at radius 1 is 1.28 bits per heavy atom. The lowest BCUT2D eigenvalue weighted by Gasteiger charge is -2.20. The first kappa shape index (κ1) is 17.4. The van der Waals surface area contributed by atoms with Gasteiger partial charge in [0.15, 0.2) is 9.84 Å². The Kier molecular flexibility index (Phi) is 6.84. The highest BCUT2D eigenvalue weighted by atomic mass is 32.2. The highest BCUT2D eigenvalue weighted by molar-refractivity contribution is 7.92. The molecular formula is C12H25NO4S. The van der Waals surface area contributed by atoms with Gasteiger partial charge < -0.3 is 10.1 Å². The van der Waals surface area contributed by atoms with E-state index in [1.165, 1.54) is 0 Å². The van der Waals surface area contributed by atoms with Crippen LogP contribution in [0.4, 0.5) is 0 Å². The zero-order valence-corrected chi connectivity index (χ0v) is 12.8. The SMILES string of the molecule is CCNC(CC)CS(=O)(=O)CC(=O)OC(C)(C)C. The third-order valence-corrected chi connectivity index (χ3v) is 3.78. The van der Waals surface area contributed by atoms with Crippen LogP contribution in [0.5, 0.6) is 0 Å². The van der Waals surface area contributed by atoms with Crippen molar-refractivity contribution in [3.8, 4) is 0 Å². The van der Waals surface area contributed by atoms with Crippen LogP contribution in [0.3, 0.4) is 0 Å². The predicted octanol–water partition coefficient (Wildman–Crippen LogP) is 1.13. The molecule has 0 aromatic carbocycles. The largest absolute Gasteiger partial charge is 0.459 e. The molecule has 6 heteroatoms. The van der Waals surface area contributed by atoms with Crippen LogP contribution in [0.1, 0.15) is 41.0 Å². The first-order valence-electron chi connectivity index (χ1n) is 6.25. The fraction of sp³-hybridized carbons (Fsp3) is 0.917. The van der Waals surface area contributed by atoms with E-state index < -0.39 is 27.2 Å². The molecule has 0 aliphatic heterocycles. The van der Waals surface area contributed by atoms with Gasteiger partial charge in [0.2, 0.25) is 0 Å². The van der Waals surface area contributed by atoms with Crippen molar-refractivity contribution < 1.29 is 17.9 Å². The van der Waals surface area contributed by atoms with Crippen LogP contribution in [0.25, 0.3) is 0 Å². The summed E-state index contributed by atoms with van der Waals surface area (Å²) in [5, 5.41) is 3.08. The van der Waals surface area contributed by atoms with E-state index in [0.717, 1.165) is 0 Å². The van der Waals surface area contributed by atoms with E-state index in [4.69, 9.17) is 4.74 Å². The molecule has 0 aliphatic carbocycles. The van der Waals surface area contributed by atoms with Crippen molar-refractivity contribution in [2.75, 3.05) is 18.1 Å². The van der Waals surface area contributed by atoms with E-state index in [2.05, 4.69) is 5.32 Å². The van der Waals surface area contributed by atoms with Gasteiger partial charge in [-0.15, -0.1) is 0 Å². The van der Waals surface area contributed by atoms with Crippen LogP contribution >= 0.6 is 0 Å². The van der Waals surface area contributed by atoms with Crippen molar-refractivity contribution in [3.63, 3.8) is 0 Å². The molecule has 18 heavy (non-hydrogen) atoms. The van der Waals surface area contributed by atoms with E-state index >= 15 is 0 Å². The normalized spacial score (nSPS) is 14.3. The Balaban J connectivity index is 4.43. The zero-order chi connectivity index (χ0) is 14.4. The Hall–Kier alpha value is -0.620. The lowest BCUT2D eigenvalue weighted by Crippen LogP contribution is -2.38. The lowest BCUT2D eigenvalue weighted by atomic mass is 10.2. The van der Waals surface area contributed by atoms with Gasteiger partial charge in [-0.25, -0.2) is 8.42 Å². The number of carbonyl (C=O) groups is 1. The molecule has 0 bridgehead atoms. The number of carbonyl (C=O) groups excluding carboxylic acids is 1. The second kappa shape index (κ2) is 7.09. The Bertz CT molecular complexity index is 357. The summed E-state index contributed by atoms with van der Waals surface area (Å²) < 4.78 is 28.7. The van der Waals surface area contributed by atoms with Crippen molar-refractivity contribution in [3.05, 3.63) is 0 Å². The number of hydrogen-bond donors (Lipinski definition) is 1. The van der Waals surface area contributed by atoms with Crippen molar-refractivity contribution in [1.82, 2.24) is 5.32 Å². The number of sulfone groups is 1. The van der Waals surface area contributed by atoms with E-state index in [-0.39, 0.29) is 11.8 Å². The van der Waals surface area contributed by atoms with Crippen LogP contribution in [0.2, 0.25) is 0 Å². The summed E-state index contributed by atoms with van der Waals surface area (Å²) in [6.45, 7) is 9.68. The van der Waals surface area contributed by atoms with Crippen molar-refractivity contribution in [2.24, 2.45) is 0 Å². The minimum absolute atomic E-state index is 0.0312. The van der Waals surface area contributed by atoms with Crippen molar-refractivity contribution in [1.29, 1.82) is 0 Å². The molecule has 108 valence electrons. The quantitative estimate of drug-likeness (QED) is 0.707. The van der Waals surface area contributed by atoms with Crippen molar-refractivity contribution >= 4 is 15.8 Å². The lowest BCUT2D eigenvalue weighted by molar-refractivity contribution is -0.151. The molecule has 0 amide bonds.